The predicted molar refractivity (Wildman–Crippen MR) is 119 cm³/mol. The molecule has 0 saturated heterocycles. The fraction of sp³-hybridized carbons (Fsp3) is 0.348. The number of ether oxygens (including phenoxy) is 2. The zero-order chi connectivity index (χ0) is 23.0. The van der Waals surface area contributed by atoms with E-state index in [1.807, 2.05) is 43.3 Å². The Hall–Kier alpha value is -3.55. The van der Waals surface area contributed by atoms with Crippen molar-refractivity contribution < 1.29 is 23.9 Å². The molecule has 0 bridgehead atoms. The maximum absolute atomic E-state index is 12.1. The van der Waals surface area contributed by atoms with Gasteiger partial charge in [-0.2, -0.15) is 0 Å². The lowest BCUT2D eigenvalue weighted by atomic mass is 10.2. The molecule has 0 radical (unpaired) electrons. The number of esters is 1. The summed E-state index contributed by atoms with van der Waals surface area (Å²) in [6, 6.07) is 13.9. The van der Waals surface area contributed by atoms with Gasteiger partial charge in [0.25, 0.3) is 5.91 Å². The number of hydrogen-bond donors (Lipinski definition) is 2. The van der Waals surface area contributed by atoms with Crippen LogP contribution in [0.2, 0.25) is 0 Å². The predicted octanol–water partition coefficient (Wildman–Crippen LogP) is 3.57. The van der Waals surface area contributed by atoms with Crippen molar-refractivity contribution in [3.05, 3.63) is 59.7 Å². The van der Waals surface area contributed by atoms with Gasteiger partial charge in [-0.05, 0) is 62.7 Å². The van der Waals surface area contributed by atoms with Gasteiger partial charge in [0.15, 0.2) is 6.61 Å². The maximum atomic E-state index is 12.1. The molecule has 0 spiro atoms. The van der Waals surface area contributed by atoms with Crippen LogP contribution in [0.25, 0.3) is 0 Å². The molecule has 0 aliphatic heterocycles. The average molecular weight is 428 g/mol. The summed E-state index contributed by atoms with van der Waals surface area (Å²) >= 11 is 0. The topological polar surface area (TPSA) is 97.0 Å². The third kappa shape index (κ3) is 8.38. The van der Waals surface area contributed by atoms with E-state index in [-0.39, 0.29) is 12.2 Å². The van der Waals surface area contributed by atoms with Gasteiger partial charge in [0, 0.05) is 32.0 Å². The molecule has 2 aromatic rings. The molecule has 31 heavy (non-hydrogen) atoms. The summed E-state index contributed by atoms with van der Waals surface area (Å²) in [6.45, 7) is 5.26. The molecule has 0 heterocycles. The molecule has 0 saturated carbocycles. The van der Waals surface area contributed by atoms with Gasteiger partial charge in [-0.3, -0.25) is 10.1 Å². The van der Waals surface area contributed by atoms with Gasteiger partial charge in [0.1, 0.15) is 5.60 Å². The van der Waals surface area contributed by atoms with Crippen LogP contribution in [0.1, 0.15) is 36.7 Å². The number of carbonyl (C=O) groups excluding carboxylic acids is 3. The Bertz CT molecular complexity index is 900. The van der Waals surface area contributed by atoms with Crippen LogP contribution >= 0.6 is 0 Å². The highest BCUT2D eigenvalue weighted by Crippen LogP contribution is 2.14. The second kappa shape index (κ2) is 10.5. The molecule has 8 nitrogen and oxygen atoms in total. The Morgan fingerprint density at radius 1 is 0.935 bits per heavy atom. The Balaban J connectivity index is 1.77. The highest BCUT2D eigenvalue weighted by atomic mass is 16.6. The SMILES string of the molecule is CN(C)c1ccc(CNC(=O)COC(=O)c2ccc(NC(=O)OC(C)(C)C)cc2)cc1. The number of benzene rings is 2. The van der Waals surface area contributed by atoms with E-state index in [1.54, 1.807) is 32.9 Å². The summed E-state index contributed by atoms with van der Waals surface area (Å²) in [7, 11) is 3.91. The zero-order valence-corrected chi connectivity index (χ0v) is 18.5. The Morgan fingerprint density at radius 2 is 1.55 bits per heavy atom. The van der Waals surface area contributed by atoms with E-state index >= 15 is 0 Å². The lowest BCUT2D eigenvalue weighted by molar-refractivity contribution is -0.124. The van der Waals surface area contributed by atoms with E-state index < -0.39 is 23.6 Å². The van der Waals surface area contributed by atoms with Crippen molar-refractivity contribution in [2.75, 3.05) is 30.9 Å². The molecule has 166 valence electrons. The van der Waals surface area contributed by atoms with Crippen LogP contribution in [0.3, 0.4) is 0 Å². The third-order valence-electron chi connectivity index (χ3n) is 4.04. The van der Waals surface area contributed by atoms with Crippen molar-refractivity contribution in [3.63, 3.8) is 0 Å². The van der Waals surface area contributed by atoms with E-state index in [2.05, 4.69) is 10.6 Å². The van der Waals surface area contributed by atoms with E-state index in [1.165, 1.54) is 12.1 Å². The fourth-order valence-corrected chi connectivity index (χ4v) is 2.49. The molecule has 2 N–H and O–H groups in total. The number of anilines is 2. The lowest BCUT2D eigenvalue weighted by Crippen LogP contribution is -2.28. The second-order valence-corrected chi connectivity index (χ2v) is 8.12. The van der Waals surface area contributed by atoms with Gasteiger partial charge < -0.3 is 19.7 Å². The van der Waals surface area contributed by atoms with E-state index in [0.717, 1.165) is 11.3 Å². The number of amides is 2. The first-order valence-electron chi connectivity index (χ1n) is 9.83. The van der Waals surface area contributed by atoms with Crippen molar-refractivity contribution in [1.82, 2.24) is 5.32 Å². The van der Waals surface area contributed by atoms with E-state index in [0.29, 0.717) is 12.2 Å². The maximum Gasteiger partial charge on any atom is 0.412 e. The minimum atomic E-state index is -0.630. The Kier molecular flexibility index (Phi) is 8.01. The Morgan fingerprint density at radius 3 is 2.10 bits per heavy atom. The largest absolute Gasteiger partial charge is 0.452 e. The fourth-order valence-electron chi connectivity index (χ4n) is 2.49. The quantitative estimate of drug-likeness (QED) is 0.656. The van der Waals surface area contributed by atoms with Crippen LogP contribution < -0.4 is 15.5 Å². The van der Waals surface area contributed by atoms with Gasteiger partial charge in [0.05, 0.1) is 5.56 Å². The van der Waals surface area contributed by atoms with Gasteiger partial charge in [-0.15, -0.1) is 0 Å². The molecule has 2 rings (SSSR count). The molecule has 2 amide bonds. The molecular formula is C23H29N3O5. The summed E-state index contributed by atoms with van der Waals surface area (Å²) in [5, 5.41) is 5.29. The monoisotopic (exact) mass is 427 g/mol. The first-order chi connectivity index (χ1) is 14.5. The first kappa shape index (κ1) is 23.7. The van der Waals surface area contributed by atoms with Crippen LogP contribution in [-0.4, -0.2) is 44.3 Å². The first-order valence-corrected chi connectivity index (χ1v) is 9.83. The summed E-state index contributed by atoms with van der Waals surface area (Å²) in [6.07, 6.45) is -0.587. The number of rotatable bonds is 7. The second-order valence-electron chi connectivity index (χ2n) is 8.12. The van der Waals surface area contributed by atoms with Crippen LogP contribution in [0.4, 0.5) is 16.2 Å². The summed E-state index contributed by atoms with van der Waals surface area (Å²) < 4.78 is 10.2. The zero-order valence-electron chi connectivity index (χ0n) is 18.5. The minimum Gasteiger partial charge on any atom is -0.452 e. The van der Waals surface area contributed by atoms with Crippen LogP contribution in [0.5, 0.6) is 0 Å². The summed E-state index contributed by atoms with van der Waals surface area (Å²) in [5.41, 5.74) is 2.14. The molecule has 8 heteroatoms. The molecular weight excluding hydrogens is 398 g/mol. The number of carbonyl (C=O) groups is 3. The van der Waals surface area contributed by atoms with Crippen molar-refractivity contribution in [3.8, 4) is 0 Å². The summed E-state index contributed by atoms with van der Waals surface area (Å²) in [5.74, 6) is -1.03. The minimum absolute atomic E-state index is 0.266. The molecule has 0 fully saturated rings. The highest BCUT2D eigenvalue weighted by molar-refractivity contribution is 5.92. The highest BCUT2D eigenvalue weighted by Gasteiger charge is 2.16. The molecule has 0 aromatic heterocycles. The van der Waals surface area contributed by atoms with E-state index in [4.69, 9.17) is 9.47 Å². The molecule has 0 aliphatic carbocycles. The summed E-state index contributed by atoms with van der Waals surface area (Å²) in [4.78, 5) is 37.8. The van der Waals surface area contributed by atoms with Crippen LogP contribution in [-0.2, 0) is 20.8 Å². The van der Waals surface area contributed by atoms with Crippen LogP contribution in [0, 0.1) is 0 Å². The van der Waals surface area contributed by atoms with Crippen LogP contribution in [0.15, 0.2) is 48.5 Å². The molecule has 0 unspecified atom stereocenters. The van der Waals surface area contributed by atoms with Gasteiger partial charge in [-0.25, -0.2) is 9.59 Å². The van der Waals surface area contributed by atoms with E-state index in [9.17, 15) is 14.4 Å². The lowest BCUT2D eigenvalue weighted by Gasteiger charge is -2.19. The van der Waals surface area contributed by atoms with Gasteiger partial charge in [0.2, 0.25) is 0 Å². The third-order valence-corrected chi connectivity index (χ3v) is 4.04. The molecule has 0 atom stereocenters. The normalized spacial score (nSPS) is 10.7. The average Bonchev–Trinajstić information content (AvgIpc) is 2.69. The van der Waals surface area contributed by atoms with Gasteiger partial charge >= 0.3 is 12.1 Å². The number of nitrogens with one attached hydrogen (secondary N) is 2. The van der Waals surface area contributed by atoms with Crippen molar-refractivity contribution in [2.45, 2.75) is 32.9 Å². The standard InChI is InChI=1S/C23H29N3O5/c1-23(2,3)31-22(29)25-18-10-8-17(9-11-18)21(28)30-15-20(27)24-14-16-6-12-19(13-7-16)26(4)5/h6-13H,14-15H2,1-5H3,(H,24,27)(H,25,29). The number of nitrogens with zero attached hydrogens (tertiary/aromatic N) is 1. The van der Waals surface area contributed by atoms with Gasteiger partial charge in [-0.1, -0.05) is 12.1 Å². The number of hydrogen-bond acceptors (Lipinski definition) is 6. The van der Waals surface area contributed by atoms with Crippen molar-refractivity contribution >= 4 is 29.3 Å². The molecule has 0 aliphatic rings. The smallest absolute Gasteiger partial charge is 0.412 e. The molecule has 2 aromatic carbocycles. The van der Waals surface area contributed by atoms with Crippen molar-refractivity contribution in [1.29, 1.82) is 0 Å². The Labute approximate surface area is 182 Å². The van der Waals surface area contributed by atoms with Crippen molar-refractivity contribution in [2.24, 2.45) is 0 Å².